The molecule has 4 nitrogen and oxygen atoms in total. The summed E-state index contributed by atoms with van der Waals surface area (Å²) in [5.74, 6) is 0. The molecule has 0 fully saturated rings. The van der Waals surface area contributed by atoms with Crippen LogP contribution in [0.3, 0.4) is 0 Å². The van der Waals surface area contributed by atoms with Crippen LogP contribution < -0.4 is 4.90 Å². The normalized spacial score (nSPS) is 13.6. The molecule has 0 amide bonds. The van der Waals surface area contributed by atoms with Crippen LogP contribution in [0.1, 0.15) is 25.0 Å². The minimum atomic E-state index is -0.116. The lowest BCUT2D eigenvalue weighted by molar-refractivity contribution is 0.605. The zero-order valence-electron chi connectivity index (χ0n) is 27.7. The highest BCUT2D eigenvalue weighted by molar-refractivity contribution is 6.30. The molecule has 0 saturated heterocycles. The Morgan fingerprint density at radius 2 is 1.28 bits per heavy atom. The summed E-state index contributed by atoms with van der Waals surface area (Å²) < 4.78 is 8.53. The summed E-state index contributed by atoms with van der Waals surface area (Å²) in [5, 5.41) is 4.67. The van der Waals surface area contributed by atoms with Crippen molar-refractivity contribution in [2.24, 2.45) is 0 Å². The second kappa shape index (κ2) is 9.83. The zero-order valence-corrected chi connectivity index (χ0v) is 27.7. The molecule has 4 heteroatoms. The van der Waals surface area contributed by atoms with Gasteiger partial charge in [0.15, 0.2) is 12.0 Å². The Morgan fingerprint density at radius 1 is 0.560 bits per heavy atom. The maximum absolute atomic E-state index is 6.13. The van der Waals surface area contributed by atoms with Gasteiger partial charge in [0.1, 0.15) is 5.52 Å². The Kier molecular flexibility index (Phi) is 5.42. The van der Waals surface area contributed by atoms with Gasteiger partial charge in [0, 0.05) is 38.6 Å². The molecule has 10 aromatic rings. The van der Waals surface area contributed by atoms with Crippen molar-refractivity contribution in [3.05, 3.63) is 163 Å². The van der Waals surface area contributed by atoms with E-state index in [1.54, 1.807) is 6.39 Å². The van der Waals surface area contributed by atoms with Gasteiger partial charge in [-0.15, -0.1) is 0 Å². The summed E-state index contributed by atoms with van der Waals surface area (Å²) in [7, 11) is 0. The SMILES string of the molecule is CC1(C)c2ccccc2-c2ccc(N(c3cccc(-c4ccccc4)c3)c3ccc4c(c3)c3c5ocnc5cc5c6ccccc6n4c53)cc21. The van der Waals surface area contributed by atoms with Crippen LogP contribution in [0.2, 0.25) is 0 Å². The predicted molar refractivity (Wildman–Crippen MR) is 206 cm³/mol. The first kappa shape index (κ1) is 27.5. The third-order valence-electron chi connectivity index (χ3n) is 11.0. The quantitative estimate of drug-likeness (QED) is 0.192. The molecular formula is C46H31N3O. The minimum Gasteiger partial charge on any atom is -0.443 e. The summed E-state index contributed by atoms with van der Waals surface area (Å²) in [6.07, 6.45) is 1.57. The number of nitrogens with zero attached hydrogens (tertiary/aromatic N) is 3. The number of benzene rings is 7. The van der Waals surface area contributed by atoms with E-state index >= 15 is 0 Å². The molecule has 7 aromatic carbocycles. The van der Waals surface area contributed by atoms with Crippen molar-refractivity contribution in [1.29, 1.82) is 0 Å². The van der Waals surface area contributed by atoms with Gasteiger partial charge in [-0.3, -0.25) is 0 Å². The molecule has 0 aliphatic heterocycles. The Balaban J connectivity index is 1.19. The Morgan fingerprint density at radius 3 is 2.20 bits per heavy atom. The number of para-hydroxylation sites is 1. The van der Waals surface area contributed by atoms with E-state index in [1.807, 2.05) is 0 Å². The number of oxazole rings is 1. The summed E-state index contributed by atoms with van der Waals surface area (Å²) in [6.45, 7) is 4.69. The number of rotatable bonds is 4. The largest absolute Gasteiger partial charge is 0.443 e. The first-order chi connectivity index (χ1) is 24.6. The summed E-state index contributed by atoms with van der Waals surface area (Å²) in [4.78, 5) is 7.04. The van der Waals surface area contributed by atoms with Crippen LogP contribution in [0, 0.1) is 0 Å². The number of anilines is 3. The maximum atomic E-state index is 6.13. The second-order valence-electron chi connectivity index (χ2n) is 14.1. The van der Waals surface area contributed by atoms with Crippen LogP contribution in [-0.2, 0) is 5.41 Å². The Labute approximate surface area is 288 Å². The summed E-state index contributed by atoms with van der Waals surface area (Å²) >= 11 is 0. The number of hydrogen-bond acceptors (Lipinski definition) is 3. The van der Waals surface area contributed by atoms with Gasteiger partial charge in [0.25, 0.3) is 0 Å². The van der Waals surface area contributed by atoms with Gasteiger partial charge in [0.05, 0.1) is 21.9 Å². The zero-order chi connectivity index (χ0) is 33.1. The fraction of sp³-hybridized carbons (Fsp3) is 0.0652. The molecule has 3 aromatic heterocycles. The molecule has 0 bridgehead atoms. The topological polar surface area (TPSA) is 33.7 Å². The van der Waals surface area contributed by atoms with E-state index in [1.165, 1.54) is 55.2 Å². The molecule has 3 heterocycles. The van der Waals surface area contributed by atoms with Crippen molar-refractivity contribution in [3.63, 3.8) is 0 Å². The lowest BCUT2D eigenvalue weighted by Gasteiger charge is -2.28. The van der Waals surface area contributed by atoms with E-state index in [-0.39, 0.29) is 5.41 Å². The van der Waals surface area contributed by atoms with Crippen molar-refractivity contribution in [1.82, 2.24) is 9.38 Å². The highest BCUT2D eigenvalue weighted by atomic mass is 16.3. The fourth-order valence-corrected chi connectivity index (χ4v) is 8.74. The van der Waals surface area contributed by atoms with E-state index < -0.39 is 0 Å². The van der Waals surface area contributed by atoms with Crippen LogP contribution in [0.15, 0.2) is 156 Å². The van der Waals surface area contributed by atoms with Crippen molar-refractivity contribution >= 4 is 66.3 Å². The van der Waals surface area contributed by atoms with Crippen molar-refractivity contribution in [3.8, 4) is 22.3 Å². The molecule has 0 N–H and O–H groups in total. The van der Waals surface area contributed by atoms with Gasteiger partial charge in [-0.05, 0) is 88.0 Å². The fourth-order valence-electron chi connectivity index (χ4n) is 8.74. The van der Waals surface area contributed by atoms with Crippen molar-refractivity contribution < 1.29 is 4.42 Å². The van der Waals surface area contributed by atoms with Gasteiger partial charge in [-0.1, -0.05) is 105 Å². The molecule has 50 heavy (non-hydrogen) atoms. The molecule has 236 valence electrons. The van der Waals surface area contributed by atoms with Crippen molar-refractivity contribution in [2.75, 3.05) is 4.90 Å². The van der Waals surface area contributed by atoms with Crippen LogP contribution >= 0.6 is 0 Å². The molecule has 0 unspecified atom stereocenters. The number of fused-ring (bicyclic) bond motifs is 11. The van der Waals surface area contributed by atoms with E-state index in [0.29, 0.717) is 0 Å². The molecule has 0 saturated carbocycles. The standard InChI is InChI=1S/C46H31N3O/c1-46(2)38-17-8-6-15-33(38)34-21-19-32(25-39(34)46)48(30-14-10-13-29(23-30)28-11-4-3-5-12-28)31-20-22-42-37(24-31)43-44-36(26-40-45(43)50-27-47-40)35-16-7-9-18-41(35)49(42)44/h3-27H,1-2H3. The Bertz CT molecular complexity index is 2970. The number of aromatic nitrogens is 2. The summed E-state index contributed by atoms with van der Waals surface area (Å²) in [6, 6.07) is 53.1. The summed E-state index contributed by atoms with van der Waals surface area (Å²) in [5.41, 5.74) is 16.2. The molecule has 0 spiro atoms. The van der Waals surface area contributed by atoms with Crippen LogP contribution in [0.25, 0.3) is 71.4 Å². The first-order valence-corrected chi connectivity index (χ1v) is 17.2. The smallest absolute Gasteiger partial charge is 0.182 e. The van der Waals surface area contributed by atoms with Gasteiger partial charge >= 0.3 is 0 Å². The molecule has 0 radical (unpaired) electrons. The van der Waals surface area contributed by atoms with Crippen molar-refractivity contribution in [2.45, 2.75) is 19.3 Å². The van der Waals surface area contributed by atoms with Gasteiger partial charge < -0.3 is 13.7 Å². The Hall–Kier alpha value is -6.39. The second-order valence-corrected chi connectivity index (χ2v) is 14.1. The van der Waals surface area contributed by atoms with E-state index in [0.717, 1.165) is 44.5 Å². The van der Waals surface area contributed by atoms with Crippen LogP contribution in [-0.4, -0.2) is 9.38 Å². The van der Waals surface area contributed by atoms with Gasteiger partial charge in [-0.25, -0.2) is 4.98 Å². The van der Waals surface area contributed by atoms with Crippen LogP contribution in [0.4, 0.5) is 17.1 Å². The average molecular weight is 642 g/mol. The van der Waals surface area contributed by atoms with Crippen LogP contribution in [0.5, 0.6) is 0 Å². The van der Waals surface area contributed by atoms with E-state index in [2.05, 4.69) is 174 Å². The highest BCUT2D eigenvalue weighted by Gasteiger charge is 2.36. The molecule has 0 atom stereocenters. The first-order valence-electron chi connectivity index (χ1n) is 17.2. The third kappa shape index (κ3) is 3.62. The lowest BCUT2D eigenvalue weighted by atomic mass is 9.82. The third-order valence-corrected chi connectivity index (χ3v) is 11.0. The molecule has 1 aliphatic carbocycles. The number of hydrogen-bond donors (Lipinski definition) is 0. The highest BCUT2D eigenvalue weighted by Crippen LogP contribution is 2.51. The minimum absolute atomic E-state index is 0.116. The van der Waals surface area contributed by atoms with E-state index in [9.17, 15) is 0 Å². The lowest BCUT2D eigenvalue weighted by Crippen LogP contribution is -2.16. The maximum Gasteiger partial charge on any atom is 0.182 e. The van der Waals surface area contributed by atoms with Gasteiger partial charge in [-0.2, -0.15) is 0 Å². The monoisotopic (exact) mass is 641 g/mol. The van der Waals surface area contributed by atoms with Gasteiger partial charge in [0.2, 0.25) is 0 Å². The molecule has 1 aliphatic rings. The predicted octanol–water partition coefficient (Wildman–Crippen LogP) is 12.4. The molecule has 11 rings (SSSR count). The average Bonchev–Trinajstić information content (AvgIpc) is 3.90. The van der Waals surface area contributed by atoms with E-state index in [4.69, 9.17) is 4.42 Å². The molecular weight excluding hydrogens is 611 g/mol.